The number of carbonyl (C=O) groups is 2. The lowest BCUT2D eigenvalue weighted by Crippen LogP contribution is -2.18. The van der Waals surface area contributed by atoms with E-state index in [9.17, 15) is 14.7 Å². The van der Waals surface area contributed by atoms with E-state index >= 15 is 0 Å². The Morgan fingerprint density at radius 1 is 1.03 bits per heavy atom. The van der Waals surface area contributed by atoms with E-state index in [4.69, 9.17) is 18.0 Å². The highest BCUT2D eigenvalue weighted by Crippen LogP contribution is 2.50. The van der Waals surface area contributed by atoms with Gasteiger partial charge in [0.15, 0.2) is 5.76 Å². The first-order valence-corrected chi connectivity index (χ1v) is 12.2. The first kappa shape index (κ1) is 23.5. The Balaban J connectivity index is 1.26. The van der Waals surface area contributed by atoms with Crippen LogP contribution in [0.5, 0.6) is 0 Å². The minimum Gasteiger partial charge on any atom is -0.480 e. The predicted molar refractivity (Wildman–Crippen MR) is 139 cm³/mol. The molecule has 38 heavy (non-hydrogen) atoms. The molecular weight excluding hydrogens is 486 g/mol. The van der Waals surface area contributed by atoms with Crippen LogP contribution in [0, 0.1) is 18.8 Å². The van der Waals surface area contributed by atoms with Gasteiger partial charge in [-0.15, -0.1) is 0 Å². The minimum atomic E-state index is -0.951. The van der Waals surface area contributed by atoms with Gasteiger partial charge in [-0.25, -0.2) is 4.79 Å². The highest BCUT2D eigenvalue weighted by molar-refractivity contribution is 6.01. The standard InChI is InChI=1S/C30H23NO7/c1-17-7-3-4-8-21(17)18(2)35-29(34)31-26-22-9-5-6-10-23(22)37-24(26)12-11-20-15-19-16-25(38-27(19)36-20)30(13-14-30)28(32)33/h3-10,15-16,18H,13-14H2,1-2H3,(H,31,34)(H,32,33). The number of nitrogens with one attached hydrogen (secondary N) is 1. The van der Waals surface area contributed by atoms with Crippen molar-refractivity contribution >= 4 is 39.9 Å². The number of carbonyl (C=O) groups excluding carboxylic acids is 1. The topological polar surface area (TPSA) is 115 Å². The van der Waals surface area contributed by atoms with Crippen LogP contribution in [0.15, 0.2) is 73.9 Å². The molecule has 2 N–H and O–H groups in total. The van der Waals surface area contributed by atoms with Crippen molar-refractivity contribution < 1.29 is 32.7 Å². The van der Waals surface area contributed by atoms with Gasteiger partial charge < -0.3 is 23.1 Å². The molecule has 0 bridgehead atoms. The van der Waals surface area contributed by atoms with Gasteiger partial charge in [-0.05, 0) is 67.9 Å². The van der Waals surface area contributed by atoms with Gasteiger partial charge in [0.05, 0.1) is 5.39 Å². The number of hydrogen-bond donors (Lipinski definition) is 2. The summed E-state index contributed by atoms with van der Waals surface area (Å²) in [6, 6.07) is 18.4. The highest BCUT2D eigenvalue weighted by atomic mass is 16.6. The Labute approximate surface area is 217 Å². The van der Waals surface area contributed by atoms with Gasteiger partial charge in [-0.1, -0.05) is 36.4 Å². The van der Waals surface area contributed by atoms with Crippen LogP contribution < -0.4 is 5.32 Å². The number of amides is 1. The molecule has 3 aromatic heterocycles. The SMILES string of the molecule is Cc1ccccc1C(C)OC(=O)Nc1c(C#Cc2cc3cc(C4(C(=O)O)CC4)oc3o2)oc2ccccc12. The maximum atomic E-state index is 12.8. The molecule has 1 aliphatic rings. The number of benzene rings is 2. The van der Waals surface area contributed by atoms with Gasteiger partial charge in [0, 0.05) is 11.5 Å². The fraction of sp³-hybridized carbons (Fsp3) is 0.200. The molecular formula is C30H23NO7. The molecule has 0 aliphatic heterocycles. The van der Waals surface area contributed by atoms with Crippen LogP contribution >= 0.6 is 0 Å². The molecule has 1 saturated carbocycles. The van der Waals surface area contributed by atoms with E-state index in [1.807, 2.05) is 56.3 Å². The first-order chi connectivity index (χ1) is 18.3. The summed E-state index contributed by atoms with van der Waals surface area (Å²) in [4.78, 5) is 24.4. The fourth-order valence-electron chi connectivity index (χ4n) is 4.60. The van der Waals surface area contributed by atoms with Gasteiger partial charge in [0.25, 0.3) is 5.78 Å². The van der Waals surface area contributed by atoms with Crippen LogP contribution in [0.25, 0.3) is 22.1 Å². The predicted octanol–water partition coefficient (Wildman–Crippen LogP) is 6.91. The number of ether oxygens (including phenoxy) is 1. The summed E-state index contributed by atoms with van der Waals surface area (Å²) in [5.74, 6) is 6.09. The van der Waals surface area contributed by atoms with E-state index in [2.05, 4.69) is 17.2 Å². The van der Waals surface area contributed by atoms with Crippen LogP contribution in [0.1, 0.15) is 54.3 Å². The Kier molecular flexibility index (Phi) is 5.50. The van der Waals surface area contributed by atoms with Gasteiger partial charge >= 0.3 is 12.1 Å². The summed E-state index contributed by atoms with van der Waals surface area (Å²) < 4.78 is 22.9. The molecule has 0 saturated heterocycles. The number of anilines is 1. The van der Waals surface area contributed by atoms with Crippen LogP contribution in [0.3, 0.4) is 0 Å². The molecule has 1 amide bonds. The normalized spacial score (nSPS) is 14.6. The van der Waals surface area contributed by atoms with Crippen molar-refractivity contribution in [1.82, 2.24) is 0 Å². The zero-order chi connectivity index (χ0) is 26.4. The third-order valence-corrected chi connectivity index (χ3v) is 6.88. The molecule has 2 aromatic carbocycles. The molecule has 1 atom stereocenters. The molecule has 1 aliphatic carbocycles. The summed E-state index contributed by atoms with van der Waals surface area (Å²) in [5.41, 5.74) is 1.94. The minimum absolute atomic E-state index is 0.216. The van der Waals surface area contributed by atoms with E-state index in [1.54, 1.807) is 18.2 Å². The van der Waals surface area contributed by atoms with E-state index in [-0.39, 0.29) is 11.5 Å². The van der Waals surface area contributed by atoms with E-state index in [0.29, 0.717) is 46.4 Å². The molecule has 5 aromatic rings. The smallest absolute Gasteiger partial charge is 0.412 e. The highest BCUT2D eigenvalue weighted by Gasteiger charge is 2.54. The molecule has 1 fully saturated rings. The Bertz CT molecular complexity index is 1740. The maximum absolute atomic E-state index is 12.8. The largest absolute Gasteiger partial charge is 0.480 e. The van der Waals surface area contributed by atoms with Gasteiger partial charge in [-0.3, -0.25) is 10.1 Å². The number of carboxylic acids is 1. The van der Waals surface area contributed by atoms with Crippen molar-refractivity contribution in [3.05, 3.63) is 89.1 Å². The number of aliphatic carboxylic acids is 1. The number of carboxylic acid groups (broad SMARTS) is 1. The van der Waals surface area contributed by atoms with E-state index in [0.717, 1.165) is 11.1 Å². The lowest BCUT2D eigenvalue weighted by atomic mass is 10.0. The van der Waals surface area contributed by atoms with Crippen LogP contribution in [-0.2, 0) is 14.9 Å². The quantitative estimate of drug-likeness (QED) is 0.247. The second-order valence-corrected chi connectivity index (χ2v) is 9.43. The van der Waals surface area contributed by atoms with Gasteiger partial charge in [0.2, 0.25) is 5.76 Å². The fourth-order valence-corrected chi connectivity index (χ4v) is 4.60. The summed E-state index contributed by atoms with van der Waals surface area (Å²) in [5, 5.41) is 13.6. The second-order valence-electron chi connectivity index (χ2n) is 9.43. The molecule has 0 spiro atoms. The molecule has 190 valence electrons. The number of furan rings is 3. The molecule has 8 heteroatoms. The molecule has 8 nitrogen and oxygen atoms in total. The van der Waals surface area contributed by atoms with Gasteiger partial charge in [0.1, 0.15) is 28.5 Å². The Hall–Kier alpha value is -4.90. The number of hydrogen-bond acceptors (Lipinski definition) is 6. The Morgan fingerprint density at radius 3 is 2.53 bits per heavy atom. The van der Waals surface area contributed by atoms with Crippen molar-refractivity contribution in [3.8, 4) is 11.8 Å². The number of aryl methyl sites for hydroxylation is 1. The molecule has 6 rings (SSSR count). The van der Waals surface area contributed by atoms with Crippen molar-refractivity contribution in [2.45, 2.75) is 38.2 Å². The number of rotatable bonds is 5. The summed E-state index contributed by atoms with van der Waals surface area (Å²) in [6.45, 7) is 3.78. The monoisotopic (exact) mass is 509 g/mol. The van der Waals surface area contributed by atoms with E-state index in [1.165, 1.54) is 0 Å². The maximum Gasteiger partial charge on any atom is 0.412 e. The van der Waals surface area contributed by atoms with E-state index < -0.39 is 23.6 Å². The number of fused-ring (bicyclic) bond motifs is 2. The Morgan fingerprint density at radius 2 is 1.79 bits per heavy atom. The summed E-state index contributed by atoms with van der Waals surface area (Å²) in [6.07, 6.45) is -0.00726. The van der Waals surface area contributed by atoms with Crippen molar-refractivity contribution in [2.75, 3.05) is 5.32 Å². The van der Waals surface area contributed by atoms with Gasteiger partial charge in [-0.2, -0.15) is 0 Å². The zero-order valence-electron chi connectivity index (χ0n) is 20.7. The van der Waals surface area contributed by atoms with Crippen LogP contribution in [0.4, 0.5) is 10.5 Å². The van der Waals surface area contributed by atoms with Crippen LogP contribution in [0.2, 0.25) is 0 Å². The second kappa shape index (κ2) is 8.89. The van der Waals surface area contributed by atoms with Crippen molar-refractivity contribution in [3.63, 3.8) is 0 Å². The lowest BCUT2D eigenvalue weighted by Gasteiger charge is -2.16. The first-order valence-electron chi connectivity index (χ1n) is 12.2. The average Bonchev–Trinajstić information content (AvgIpc) is 3.32. The third-order valence-electron chi connectivity index (χ3n) is 6.88. The number of para-hydroxylation sites is 1. The lowest BCUT2D eigenvalue weighted by molar-refractivity contribution is -0.140. The summed E-state index contributed by atoms with van der Waals surface area (Å²) in [7, 11) is 0. The third kappa shape index (κ3) is 4.08. The summed E-state index contributed by atoms with van der Waals surface area (Å²) >= 11 is 0. The molecule has 1 unspecified atom stereocenters. The molecule has 0 radical (unpaired) electrons. The zero-order valence-corrected chi connectivity index (χ0v) is 20.7. The molecule has 3 heterocycles. The van der Waals surface area contributed by atoms with Crippen molar-refractivity contribution in [1.29, 1.82) is 0 Å². The van der Waals surface area contributed by atoms with Crippen molar-refractivity contribution in [2.24, 2.45) is 0 Å². The average molecular weight is 510 g/mol. The van der Waals surface area contributed by atoms with Crippen LogP contribution in [-0.4, -0.2) is 17.2 Å².